The van der Waals surface area contributed by atoms with Crippen LogP contribution in [-0.4, -0.2) is 78.0 Å². The first-order chi connectivity index (χ1) is 16.7. The van der Waals surface area contributed by atoms with Crippen molar-refractivity contribution >= 4 is 28.9 Å². The third-order valence-corrected chi connectivity index (χ3v) is 6.66. The Morgan fingerprint density at radius 3 is 2.74 bits per heavy atom. The van der Waals surface area contributed by atoms with E-state index in [-0.39, 0.29) is 11.9 Å². The summed E-state index contributed by atoms with van der Waals surface area (Å²) in [5, 5.41) is 8.70. The van der Waals surface area contributed by atoms with Crippen LogP contribution in [0.15, 0.2) is 24.5 Å². The molecule has 1 aliphatic heterocycles. The molecule has 2 aliphatic rings. The molecule has 0 unspecified atom stereocenters. The van der Waals surface area contributed by atoms with E-state index in [1.165, 1.54) is 19.3 Å². The van der Waals surface area contributed by atoms with Gasteiger partial charge in [-0.1, -0.05) is 32.1 Å². The summed E-state index contributed by atoms with van der Waals surface area (Å²) in [6.07, 6.45) is 13.8. The zero-order chi connectivity index (χ0) is 23.8. The van der Waals surface area contributed by atoms with E-state index in [2.05, 4.69) is 20.5 Å². The number of amides is 1. The van der Waals surface area contributed by atoms with Crippen LogP contribution in [0.3, 0.4) is 0 Å². The summed E-state index contributed by atoms with van der Waals surface area (Å²) in [6, 6.07) is 4.04. The Bertz CT molecular complexity index is 712. The molecule has 1 aliphatic carbocycles. The van der Waals surface area contributed by atoms with Gasteiger partial charge in [0.25, 0.3) is 0 Å². The van der Waals surface area contributed by atoms with Crippen LogP contribution in [0.25, 0.3) is 0 Å². The van der Waals surface area contributed by atoms with Gasteiger partial charge in [-0.2, -0.15) is 0 Å². The zero-order valence-corrected chi connectivity index (χ0v) is 21.2. The molecular formula is C25H41N5O3S. The van der Waals surface area contributed by atoms with E-state index >= 15 is 0 Å². The normalized spacial score (nSPS) is 17.3. The minimum absolute atomic E-state index is 0.147. The number of thiocarbonyl (C=S) groups is 1. The molecule has 0 aromatic carbocycles. The SMILES string of the molecule is O=C(CCCCCCNC(=S)Nc1cccnc1)N(OCCN1CCOCC1)C1CCCCC1. The molecule has 1 saturated heterocycles. The van der Waals surface area contributed by atoms with E-state index in [4.69, 9.17) is 21.8 Å². The number of rotatable bonds is 13. The average Bonchev–Trinajstić information content (AvgIpc) is 2.87. The topological polar surface area (TPSA) is 79.0 Å². The molecule has 2 fully saturated rings. The highest BCUT2D eigenvalue weighted by atomic mass is 32.1. The van der Waals surface area contributed by atoms with E-state index < -0.39 is 0 Å². The molecule has 2 heterocycles. The number of nitrogens with one attached hydrogen (secondary N) is 2. The Morgan fingerprint density at radius 1 is 1.18 bits per heavy atom. The Morgan fingerprint density at radius 2 is 1.97 bits per heavy atom. The maximum atomic E-state index is 13.0. The van der Waals surface area contributed by atoms with E-state index in [1.54, 1.807) is 17.5 Å². The average molecular weight is 492 g/mol. The van der Waals surface area contributed by atoms with Gasteiger partial charge in [0.15, 0.2) is 5.11 Å². The Hall–Kier alpha value is -1.81. The summed E-state index contributed by atoms with van der Waals surface area (Å²) < 4.78 is 5.41. The fourth-order valence-corrected chi connectivity index (χ4v) is 4.69. The van der Waals surface area contributed by atoms with Gasteiger partial charge in [-0.25, -0.2) is 5.06 Å². The van der Waals surface area contributed by atoms with Crippen LogP contribution in [0.1, 0.15) is 64.2 Å². The van der Waals surface area contributed by atoms with Crippen LogP contribution >= 0.6 is 12.2 Å². The van der Waals surface area contributed by atoms with Crippen molar-refractivity contribution in [3.8, 4) is 0 Å². The van der Waals surface area contributed by atoms with Crippen LogP contribution in [0.4, 0.5) is 5.69 Å². The molecule has 9 heteroatoms. The Labute approximate surface area is 209 Å². The monoisotopic (exact) mass is 491 g/mol. The molecule has 1 amide bonds. The van der Waals surface area contributed by atoms with Gasteiger partial charge < -0.3 is 15.4 Å². The first-order valence-corrected chi connectivity index (χ1v) is 13.3. The highest BCUT2D eigenvalue weighted by Gasteiger charge is 2.26. The lowest BCUT2D eigenvalue weighted by Gasteiger charge is -2.34. The fourth-order valence-electron chi connectivity index (χ4n) is 4.47. The largest absolute Gasteiger partial charge is 0.379 e. The maximum Gasteiger partial charge on any atom is 0.246 e. The molecule has 190 valence electrons. The summed E-state index contributed by atoms with van der Waals surface area (Å²) in [5.41, 5.74) is 0.883. The highest BCUT2D eigenvalue weighted by Crippen LogP contribution is 2.24. The van der Waals surface area contributed by atoms with Crippen molar-refractivity contribution in [1.29, 1.82) is 0 Å². The molecule has 8 nitrogen and oxygen atoms in total. The standard InChI is InChI=1S/C25H41N5O3S/c31-24(12-6-1-2-7-14-27-25(34)28-22-9-8-13-26-21-22)30(23-10-4-3-5-11-23)33-20-17-29-15-18-32-19-16-29/h8-9,13,21,23H,1-7,10-12,14-20H2,(H2,27,28,34). The van der Waals surface area contributed by atoms with E-state index in [0.29, 0.717) is 18.1 Å². The second-order valence-corrected chi connectivity index (χ2v) is 9.49. The van der Waals surface area contributed by atoms with Crippen LogP contribution in [0.5, 0.6) is 0 Å². The number of carbonyl (C=O) groups excluding carboxylic acids is 1. The summed E-state index contributed by atoms with van der Waals surface area (Å²) in [5.74, 6) is 0.147. The second-order valence-electron chi connectivity index (χ2n) is 9.09. The molecule has 0 atom stereocenters. The third-order valence-electron chi connectivity index (χ3n) is 6.42. The van der Waals surface area contributed by atoms with Gasteiger partial charge in [0.05, 0.1) is 37.7 Å². The summed E-state index contributed by atoms with van der Waals surface area (Å²) in [6.45, 7) is 5.70. The van der Waals surface area contributed by atoms with Crippen molar-refractivity contribution in [2.75, 3.05) is 51.3 Å². The van der Waals surface area contributed by atoms with Crippen LogP contribution in [-0.2, 0) is 14.4 Å². The van der Waals surface area contributed by atoms with Gasteiger partial charge in [-0.15, -0.1) is 0 Å². The number of ether oxygens (including phenoxy) is 1. The second kappa shape index (κ2) is 16.0. The first kappa shape index (κ1) is 26.8. The number of anilines is 1. The smallest absolute Gasteiger partial charge is 0.246 e. The Kier molecular flexibility index (Phi) is 12.6. The van der Waals surface area contributed by atoms with Crippen LogP contribution < -0.4 is 10.6 Å². The van der Waals surface area contributed by atoms with Crippen molar-refractivity contribution in [2.45, 2.75) is 70.3 Å². The number of hydroxylamine groups is 2. The van der Waals surface area contributed by atoms with Crippen molar-refractivity contribution in [3.05, 3.63) is 24.5 Å². The fraction of sp³-hybridized carbons (Fsp3) is 0.720. The number of carbonyl (C=O) groups is 1. The minimum atomic E-state index is 0.147. The van der Waals surface area contributed by atoms with E-state index in [9.17, 15) is 4.79 Å². The van der Waals surface area contributed by atoms with Crippen molar-refractivity contribution in [1.82, 2.24) is 20.3 Å². The number of aromatic nitrogens is 1. The molecule has 34 heavy (non-hydrogen) atoms. The minimum Gasteiger partial charge on any atom is -0.379 e. The number of hydrogen-bond donors (Lipinski definition) is 2. The molecule has 0 spiro atoms. The molecule has 3 rings (SSSR count). The predicted octanol–water partition coefficient (Wildman–Crippen LogP) is 3.74. The van der Waals surface area contributed by atoms with Crippen LogP contribution in [0.2, 0.25) is 0 Å². The first-order valence-electron chi connectivity index (χ1n) is 12.9. The number of nitrogens with zero attached hydrogens (tertiary/aromatic N) is 3. The van der Waals surface area contributed by atoms with Gasteiger partial charge in [-0.05, 0) is 50.0 Å². The highest BCUT2D eigenvalue weighted by molar-refractivity contribution is 7.80. The van der Waals surface area contributed by atoms with Crippen molar-refractivity contribution in [3.63, 3.8) is 0 Å². The zero-order valence-electron chi connectivity index (χ0n) is 20.4. The molecule has 1 aromatic heterocycles. The lowest BCUT2D eigenvalue weighted by atomic mass is 9.95. The summed E-state index contributed by atoms with van der Waals surface area (Å²) in [7, 11) is 0. The third kappa shape index (κ3) is 10.2. The van der Waals surface area contributed by atoms with Gasteiger partial charge in [0.2, 0.25) is 5.91 Å². The van der Waals surface area contributed by atoms with Gasteiger partial charge >= 0.3 is 0 Å². The van der Waals surface area contributed by atoms with E-state index in [1.807, 2.05) is 12.1 Å². The maximum absolute atomic E-state index is 13.0. The molecule has 0 bridgehead atoms. The molecule has 1 saturated carbocycles. The molecule has 2 N–H and O–H groups in total. The quantitative estimate of drug-likeness (QED) is 0.245. The van der Waals surface area contributed by atoms with E-state index in [0.717, 1.165) is 83.6 Å². The number of unbranched alkanes of at least 4 members (excludes halogenated alkanes) is 3. The van der Waals surface area contributed by atoms with Crippen molar-refractivity contribution in [2.24, 2.45) is 0 Å². The van der Waals surface area contributed by atoms with Crippen LogP contribution in [0, 0.1) is 0 Å². The lowest BCUT2D eigenvalue weighted by Crippen LogP contribution is -2.44. The van der Waals surface area contributed by atoms with Gasteiger partial charge in [0, 0.05) is 38.8 Å². The number of pyridine rings is 1. The molecular weight excluding hydrogens is 450 g/mol. The molecule has 0 radical (unpaired) electrons. The number of hydrogen-bond acceptors (Lipinski definition) is 6. The molecule has 1 aromatic rings. The van der Waals surface area contributed by atoms with Gasteiger partial charge in [-0.3, -0.25) is 19.5 Å². The number of morpholine rings is 1. The van der Waals surface area contributed by atoms with Crippen molar-refractivity contribution < 1.29 is 14.4 Å². The summed E-state index contributed by atoms with van der Waals surface area (Å²) >= 11 is 5.31. The predicted molar refractivity (Wildman–Crippen MR) is 138 cm³/mol. The Balaban J connectivity index is 1.28. The summed E-state index contributed by atoms with van der Waals surface area (Å²) in [4.78, 5) is 25.5. The van der Waals surface area contributed by atoms with Gasteiger partial charge in [0.1, 0.15) is 0 Å². The lowest BCUT2D eigenvalue weighted by molar-refractivity contribution is -0.205.